The van der Waals surface area contributed by atoms with Gasteiger partial charge in [-0.15, -0.1) is 0 Å². The molecule has 1 aliphatic rings. The minimum atomic E-state index is 0.0628. The molecular formula is C19H21NO2. The van der Waals surface area contributed by atoms with E-state index in [9.17, 15) is 4.79 Å². The third-order valence-corrected chi connectivity index (χ3v) is 4.01. The molecule has 3 heteroatoms. The van der Waals surface area contributed by atoms with E-state index in [1.807, 2.05) is 36.1 Å². The lowest BCUT2D eigenvalue weighted by atomic mass is 9.99. The van der Waals surface area contributed by atoms with E-state index in [0.29, 0.717) is 12.2 Å². The Hall–Kier alpha value is -2.29. The maximum absolute atomic E-state index is 12.8. The van der Waals surface area contributed by atoms with Crippen LogP contribution in [0.4, 0.5) is 5.69 Å². The van der Waals surface area contributed by atoms with Crippen molar-refractivity contribution >= 4 is 11.6 Å². The van der Waals surface area contributed by atoms with E-state index in [0.717, 1.165) is 30.8 Å². The molecule has 0 bridgehead atoms. The molecule has 0 spiro atoms. The summed E-state index contributed by atoms with van der Waals surface area (Å²) in [7, 11) is 0. The predicted octanol–water partition coefficient (Wildman–Crippen LogP) is 3.99. The van der Waals surface area contributed by atoms with E-state index in [2.05, 4.69) is 25.1 Å². The van der Waals surface area contributed by atoms with Crippen molar-refractivity contribution in [1.82, 2.24) is 0 Å². The van der Waals surface area contributed by atoms with E-state index in [1.165, 1.54) is 11.1 Å². The first kappa shape index (κ1) is 14.6. The van der Waals surface area contributed by atoms with Gasteiger partial charge in [0.1, 0.15) is 5.75 Å². The topological polar surface area (TPSA) is 29.5 Å². The van der Waals surface area contributed by atoms with Gasteiger partial charge >= 0.3 is 0 Å². The number of amides is 1. The highest BCUT2D eigenvalue weighted by molar-refractivity contribution is 6.06. The number of hydrogen-bond donors (Lipinski definition) is 0. The summed E-state index contributed by atoms with van der Waals surface area (Å²) in [6.45, 7) is 5.45. The SMILES string of the molecule is CCOc1ccc(C(=O)N2CCCc3cc(C)ccc32)cc1. The lowest BCUT2D eigenvalue weighted by Crippen LogP contribution is -2.35. The molecule has 0 radical (unpaired) electrons. The molecule has 0 aliphatic carbocycles. The van der Waals surface area contributed by atoms with Crippen LogP contribution >= 0.6 is 0 Å². The predicted molar refractivity (Wildman–Crippen MR) is 88.8 cm³/mol. The maximum Gasteiger partial charge on any atom is 0.258 e. The van der Waals surface area contributed by atoms with E-state index >= 15 is 0 Å². The van der Waals surface area contributed by atoms with Gasteiger partial charge in [0.05, 0.1) is 6.61 Å². The number of fused-ring (bicyclic) bond motifs is 1. The van der Waals surface area contributed by atoms with Gasteiger partial charge in [0, 0.05) is 17.8 Å². The fourth-order valence-corrected chi connectivity index (χ4v) is 2.95. The number of aryl methyl sites for hydroxylation is 2. The van der Waals surface area contributed by atoms with E-state index in [4.69, 9.17) is 4.74 Å². The molecule has 0 aromatic heterocycles. The summed E-state index contributed by atoms with van der Waals surface area (Å²) >= 11 is 0. The van der Waals surface area contributed by atoms with Crippen LogP contribution in [0.15, 0.2) is 42.5 Å². The number of nitrogens with zero attached hydrogens (tertiary/aromatic N) is 1. The highest BCUT2D eigenvalue weighted by Gasteiger charge is 2.23. The summed E-state index contributed by atoms with van der Waals surface area (Å²) in [6, 6.07) is 13.7. The minimum absolute atomic E-state index is 0.0628. The summed E-state index contributed by atoms with van der Waals surface area (Å²) < 4.78 is 5.43. The van der Waals surface area contributed by atoms with Crippen molar-refractivity contribution in [2.75, 3.05) is 18.1 Å². The van der Waals surface area contributed by atoms with E-state index in [1.54, 1.807) is 0 Å². The van der Waals surface area contributed by atoms with Gasteiger partial charge in [-0.1, -0.05) is 17.7 Å². The monoisotopic (exact) mass is 295 g/mol. The van der Waals surface area contributed by atoms with Crippen molar-refractivity contribution in [1.29, 1.82) is 0 Å². The van der Waals surface area contributed by atoms with Crippen molar-refractivity contribution in [2.24, 2.45) is 0 Å². The number of rotatable bonds is 3. The molecule has 0 saturated carbocycles. The van der Waals surface area contributed by atoms with Gasteiger partial charge in [-0.3, -0.25) is 4.79 Å². The van der Waals surface area contributed by atoms with Gasteiger partial charge in [-0.05, 0) is 62.6 Å². The zero-order valence-electron chi connectivity index (χ0n) is 13.1. The maximum atomic E-state index is 12.8. The number of ether oxygens (including phenoxy) is 1. The largest absolute Gasteiger partial charge is 0.494 e. The average Bonchev–Trinajstić information content (AvgIpc) is 2.54. The molecule has 2 aromatic carbocycles. The van der Waals surface area contributed by atoms with Crippen LogP contribution in [0.2, 0.25) is 0 Å². The molecule has 2 aromatic rings. The molecule has 0 saturated heterocycles. The third-order valence-electron chi connectivity index (χ3n) is 4.01. The zero-order chi connectivity index (χ0) is 15.5. The molecule has 22 heavy (non-hydrogen) atoms. The van der Waals surface area contributed by atoms with Crippen LogP contribution in [0.1, 0.15) is 34.8 Å². The Labute approximate surface area is 131 Å². The molecule has 3 rings (SSSR count). The molecule has 0 fully saturated rings. The summed E-state index contributed by atoms with van der Waals surface area (Å²) in [4.78, 5) is 14.7. The fourth-order valence-electron chi connectivity index (χ4n) is 2.95. The second-order valence-electron chi connectivity index (χ2n) is 5.65. The van der Waals surface area contributed by atoms with Crippen molar-refractivity contribution in [3.63, 3.8) is 0 Å². The Morgan fingerprint density at radius 3 is 2.68 bits per heavy atom. The Kier molecular flexibility index (Phi) is 4.14. The Morgan fingerprint density at radius 2 is 1.95 bits per heavy atom. The van der Waals surface area contributed by atoms with E-state index < -0.39 is 0 Å². The summed E-state index contributed by atoms with van der Waals surface area (Å²) in [5.74, 6) is 0.863. The molecule has 3 nitrogen and oxygen atoms in total. The summed E-state index contributed by atoms with van der Waals surface area (Å²) in [6.07, 6.45) is 2.06. The quantitative estimate of drug-likeness (QED) is 0.857. The van der Waals surface area contributed by atoms with Crippen LogP contribution in [0.3, 0.4) is 0 Å². The third kappa shape index (κ3) is 2.84. The van der Waals surface area contributed by atoms with Crippen molar-refractivity contribution in [3.8, 4) is 5.75 Å². The van der Waals surface area contributed by atoms with Crippen LogP contribution in [0.25, 0.3) is 0 Å². The fraction of sp³-hybridized carbons (Fsp3) is 0.316. The van der Waals surface area contributed by atoms with Crippen molar-refractivity contribution < 1.29 is 9.53 Å². The van der Waals surface area contributed by atoms with Crippen molar-refractivity contribution in [3.05, 3.63) is 59.2 Å². The molecule has 1 heterocycles. The molecule has 0 unspecified atom stereocenters. The van der Waals surface area contributed by atoms with Crippen LogP contribution in [0, 0.1) is 6.92 Å². The highest BCUT2D eigenvalue weighted by Crippen LogP contribution is 2.29. The lowest BCUT2D eigenvalue weighted by Gasteiger charge is -2.30. The molecule has 114 valence electrons. The lowest BCUT2D eigenvalue weighted by molar-refractivity contribution is 0.0985. The van der Waals surface area contributed by atoms with Crippen molar-refractivity contribution in [2.45, 2.75) is 26.7 Å². The van der Waals surface area contributed by atoms with Gasteiger partial charge in [0.25, 0.3) is 5.91 Å². The standard InChI is InChI=1S/C19H21NO2/c1-3-22-17-9-7-15(8-10-17)19(21)20-12-4-5-16-13-14(2)6-11-18(16)20/h6-11,13H,3-5,12H2,1-2H3. The van der Waals surface area contributed by atoms with E-state index in [-0.39, 0.29) is 5.91 Å². The first-order valence-electron chi connectivity index (χ1n) is 7.83. The zero-order valence-corrected chi connectivity index (χ0v) is 13.1. The second kappa shape index (κ2) is 6.22. The number of carbonyl (C=O) groups excluding carboxylic acids is 1. The number of anilines is 1. The van der Waals surface area contributed by atoms with Gasteiger partial charge in [-0.25, -0.2) is 0 Å². The second-order valence-corrected chi connectivity index (χ2v) is 5.65. The van der Waals surface area contributed by atoms with Crippen LogP contribution in [-0.4, -0.2) is 19.1 Å². The number of hydrogen-bond acceptors (Lipinski definition) is 2. The Morgan fingerprint density at radius 1 is 1.18 bits per heavy atom. The molecule has 1 amide bonds. The number of benzene rings is 2. The van der Waals surface area contributed by atoms with Crippen LogP contribution < -0.4 is 9.64 Å². The van der Waals surface area contributed by atoms with Gasteiger partial charge in [0.15, 0.2) is 0 Å². The summed E-state index contributed by atoms with van der Waals surface area (Å²) in [5.41, 5.74) is 4.27. The van der Waals surface area contributed by atoms with Crippen LogP contribution in [0.5, 0.6) is 5.75 Å². The molecule has 1 aliphatic heterocycles. The highest BCUT2D eigenvalue weighted by atomic mass is 16.5. The molecule has 0 atom stereocenters. The minimum Gasteiger partial charge on any atom is -0.494 e. The summed E-state index contributed by atoms with van der Waals surface area (Å²) in [5, 5.41) is 0. The first-order chi connectivity index (χ1) is 10.7. The smallest absolute Gasteiger partial charge is 0.258 e. The molecule has 0 N–H and O–H groups in total. The Balaban J connectivity index is 1.87. The van der Waals surface area contributed by atoms with Crippen LogP contribution in [-0.2, 0) is 6.42 Å². The normalized spacial score (nSPS) is 13.6. The Bertz CT molecular complexity index is 676. The first-order valence-corrected chi connectivity index (χ1v) is 7.83. The van der Waals surface area contributed by atoms with Gasteiger partial charge < -0.3 is 9.64 Å². The molecular weight excluding hydrogens is 274 g/mol. The average molecular weight is 295 g/mol. The van der Waals surface area contributed by atoms with Gasteiger partial charge in [0.2, 0.25) is 0 Å². The number of carbonyl (C=O) groups is 1. The van der Waals surface area contributed by atoms with Gasteiger partial charge in [-0.2, -0.15) is 0 Å².